The van der Waals surface area contributed by atoms with E-state index < -0.39 is 5.97 Å². The zero-order valence-electron chi connectivity index (χ0n) is 11.3. The molecular formula is C17H18O2S. The van der Waals surface area contributed by atoms with Crippen LogP contribution in [0.2, 0.25) is 0 Å². The number of carboxylic acids is 1. The lowest BCUT2D eigenvalue weighted by atomic mass is 9.86. The minimum Gasteiger partial charge on any atom is -0.481 e. The van der Waals surface area contributed by atoms with Gasteiger partial charge in [0.1, 0.15) is 0 Å². The molecule has 0 amide bonds. The SMILES string of the molecule is O=C(O)CC(c1ccc2c(c1)CCCC2)c1cccs1. The van der Waals surface area contributed by atoms with Crippen molar-refractivity contribution in [1.82, 2.24) is 0 Å². The minimum absolute atomic E-state index is 0.0141. The topological polar surface area (TPSA) is 37.3 Å². The summed E-state index contributed by atoms with van der Waals surface area (Å²) in [5.41, 5.74) is 4.01. The summed E-state index contributed by atoms with van der Waals surface area (Å²) in [6.07, 6.45) is 4.99. The lowest BCUT2D eigenvalue weighted by Gasteiger charge is -2.20. The second-order valence-corrected chi connectivity index (χ2v) is 6.38. The van der Waals surface area contributed by atoms with Gasteiger partial charge in [0, 0.05) is 10.8 Å². The Kier molecular flexibility index (Phi) is 3.88. The maximum atomic E-state index is 11.2. The number of hydrogen-bond acceptors (Lipinski definition) is 2. The van der Waals surface area contributed by atoms with Gasteiger partial charge in [-0.25, -0.2) is 0 Å². The Morgan fingerprint density at radius 1 is 1.20 bits per heavy atom. The molecule has 1 aromatic heterocycles. The van der Waals surface area contributed by atoms with Crippen molar-refractivity contribution < 1.29 is 9.90 Å². The fourth-order valence-corrected chi connectivity index (χ4v) is 3.87. The van der Waals surface area contributed by atoms with Crippen LogP contribution >= 0.6 is 11.3 Å². The number of benzene rings is 1. The van der Waals surface area contributed by atoms with Gasteiger partial charge in [0.05, 0.1) is 6.42 Å². The highest BCUT2D eigenvalue weighted by Crippen LogP contribution is 2.33. The fraction of sp³-hybridized carbons (Fsp3) is 0.353. The first kappa shape index (κ1) is 13.4. The predicted octanol–water partition coefficient (Wildman–Crippen LogP) is 4.23. The highest BCUT2D eigenvalue weighted by molar-refractivity contribution is 7.10. The number of aliphatic carboxylic acids is 1. The smallest absolute Gasteiger partial charge is 0.304 e. The summed E-state index contributed by atoms with van der Waals surface area (Å²) in [6, 6.07) is 10.6. The first-order valence-corrected chi connectivity index (χ1v) is 7.99. The van der Waals surface area contributed by atoms with Gasteiger partial charge in [0.25, 0.3) is 0 Å². The third-order valence-corrected chi connectivity index (χ3v) is 5.03. The van der Waals surface area contributed by atoms with Gasteiger partial charge in [-0.15, -0.1) is 11.3 Å². The third-order valence-electron chi connectivity index (χ3n) is 4.04. The van der Waals surface area contributed by atoms with E-state index in [1.807, 2.05) is 17.5 Å². The van der Waals surface area contributed by atoms with Gasteiger partial charge in [-0.1, -0.05) is 24.3 Å². The molecule has 0 bridgehead atoms. The van der Waals surface area contributed by atoms with Crippen molar-refractivity contribution >= 4 is 17.3 Å². The van der Waals surface area contributed by atoms with Crippen molar-refractivity contribution in [3.8, 4) is 0 Å². The molecule has 3 rings (SSSR count). The van der Waals surface area contributed by atoms with Crippen LogP contribution in [0.15, 0.2) is 35.7 Å². The van der Waals surface area contributed by atoms with E-state index in [1.165, 1.54) is 24.0 Å². The molecule has 1 heterocycles. The Bertz CT molecular complexity index is 601. The van der Waals surface area contributed by atoms with E-state index in [-0.39, 0.29) is 12.3 Å². The van der Waals surface area contributed by atoms with Crippen molar-refractivity contribution in [1.29, 1.82) is 0 Å². The Morgan fingerprint density at radius 3 is 2.70 bits per heavy atom. The molecule has 0 spiro atoms. The van der Waals surface area contributed by atoms with E-state index in [1.54, 1.807) is 11.3 Å². The zero-order chi connectivity index (χ0) is 13.9. The number of carbonyl (C=O) groups is 1. The Balaban J connectivity index is 1.96. The van der Waals surface area contributed by atoms with Crippen LogP contribution in [0.3, 0.4) is 0 Å². The highest BCUT2D eigenvalue weighted by Gasteiger charge is 2.20. The summed E-state index contributed by atoms with van der Waals surface area (Å²) in [5, 5.41) is 11.2. The van der Waals surface area contributed by atoms with Gasteiger partial charge in [-0.05, 0) is 53.8 Å². The second kappa shape index (κ2) is 5.80. The lowest BCUT2D eigenvalue weighted by Crippen LogP contribution is -2.09. The number of carboxylic acid groups (broad SMARTS) is 1. The average Bonchev–Trinajstić information content (AvgIpc) is 2.98. The summed E-state index contributed by atoms with van der Waals surface area (Å²) in [7, 11) is 0. The normalized spacial score (nSPS) is 15.6. The number of thiophene rings is 1. The summed E-state index contributed by atoms with van der Waals surface area (Å²) in [4.78, 5) is 12.3. The Hall–Kier alpha value is -1.61. The standard InChI is InChI=1S/C17H18O2S/c18-17(19)11-15(16-6-3-9-20-16)14-8-7-12-4-1-2-5-13(12)10-14/h3,6-10,15H,1-2,4-5,11H2,(H,18,19). The van der Waals surface area contributed by atoms with Crippen LogP contribution in [0.25, 0.3) is 0 Å². The first-order chi connectivity index (χ1) is 9.74. The Labute approximate surface area is 123 Å². The van der Waals surface area contributed by atoms with E-state index in [4.69, 9.17) is 0 Å². The molecule has 20 heavy (non-hydrogen) atoms. The molecule has 1 aliphatic carbocycles. The van der Waals surface area contributed by atoms with Crippen molar-refractivity contribution in [3.05, 3.63) is 57.3 Å². The molecule has 0 saturated carbocycles. The molecule has 0 aliphatic heterocycles. The maximum Gasteiger partial charge on any atom is 0.304 e. The predicted molar refractivity (Wildman–Crippen MR) is 81.5 cm³/mol. The van der Waals surface area contributed by atoms with E-state index in [0.29, 0.717) is 0 Å². The van der Waals surface area contributed by atoms with Gasteiger partial charge in [-0.2, -0.15) is 0 Å². The Morgan fingerprint density at radius 2 is 2.00 bits per heavy atom. The van der Waals surface area contributed by atoms with Crippen molar-refractivity contribution in [2.45, 2.75) is 38.0 Å². The van der Waals surface area contributed by atoms with Gasteiger partial charge in [-0.3, -0.25) is 4.79 Å². The molecule has 1 atom stereocenters. The lowest BCUT2D eigenvalue weighted by molar-refractivity contribution is -0.137. The van der Waals surface area contributed by atoms with Gasteiger partial charge < -0.3 is 5.11 Å². The minimum atomic E-state index is -0.735. The van der Waals surface area contributed by atoms with Crippen LogP contribution in [-0.2, 0) is 17.6 Å². The monoisotopic (exact) mass is 286 g/mol. The van der Waals surface area contributed by atoms with Gasteiger partial charge in [0.15, 0.2) is 0 Å². The summed E-state index contributed by atoms with van der Waals surface area (Å²) < 4.78 is 0. The molecule has 104 valence electrons. The van der Waals surface area contributed by atoms with E-state index in [2.05, 4.69) is 18.2 Å². The van der Waals surface area contributed by atoms with Crippen LogP contribution in [0.5, 0.6) is 0 Å². The molecular weight excluding hydrogens is 268 g/mol. The average molecular weight is 286 g/mol. The van der Waals surface area contributed by atoms with Crippen LogP contribution in [0, 0.1) is 0 Å². The molecule has 0 fully saturated rings. The third kappa shape index (κ3) is 2.78. The van der Waals surface area contributed by atoms with Crippen LogP contribution in [0.4, 0.5) is 0 Å². The van der Waals surface area contributed by atoms with E-state index in [9.17, 15) is 9.90 Å². The number of hydrogen-bond donors (Lipinski definition) is 1. The van der Waals surface area contributed by atoms with Crippen LogP contribution in [-0.4, -0.2) is 11.1 Å². The quantitative estimate of drug-likeness (QED) is 0.913. The molecule has 2 aromatic rings. The summed E-state index contributed by atoms with van der Waals surface area (Å²) >= 11 is 1.64. The molecule has 1 aliphatic rings. The molecule has 3 heteroatoms. The van der Waals surface area contributed by atoms with Crippen molar-refractivity contribution in [3.63, 3.8) is 0 Å². The van der Waals surface area contributed by atoms with Crippen LogP contribution < -0.4 is 0 Å². The van der Waals surface area contributed by atoms with Crippen LogP contribution in [0.1, 0.15) is 46.7 Å². The molecule has 2 nitrogen and oxygen atoms in total. The van der Waals surface area contributed by atoms with Crippen molar-refractivity contribution in [2.24, 2.45) is 0 Å². The highest BCUT2D eigenvalue weighted by atomic mass is 32.1. The summed E-state index contributed by atoms with van der Waals surface area (Å²) in [5.74, 6) is -0.749. The molecule has 1 unspecified atom stereocenters. The molecule has 1 N–H and O–H groups in total. The second-order valence-electron chi connectivity index (χ2n) is 5.40. The van der Waals surface area contributed by atoms with Gasteiger partial charge >= 0.3 is 5.97 Å². The molecule has 1 aromatic carbocycles. The van der Waals surface area contributed by atoms with E-state index >= 15 is 0 Å². The van der Waals surface area contributed by atoms with Crippen molar-refractivity contribution in [2.75, 3.05) is 0 Å². The zero-order valence-corrected chi connectivity index (χ0v) is 12.2. The molecule has 0 saturated heterocycles. The number of fused-ring (bicyclic) bond motifs is 1. The summed E-state index contributed by atoms with van der Waals surface area (Å²) in [6.45, 7) is 0. The number of aryl methyl sites for hydroxylation is 2. The maximum absolute atomic E-state index is 11.2. The van der Waals surface area contributed by atoms with E-state index in [0.717, 1.165) is 23.3 Å². The van der Waals surface area contributed by atoms with Gasteiger partial charge in [0.2, 0.25) is 0 Å². The first-order valence-electron chi connectivity index (χ1n) is 7.11. The molecule has 0 radical (unpaired) electrons. The largest absolute Gasteiger partial charge is 0.481 e. The number of rotatable bonds is 4. The fourth-order valence-electron chi connectivity index (χ4n) is 3.02.